The van der Waals surface area contributed by atoms with Gasteiger partial charge in [0.15, 0.2) is 0 Å². The first-order chi connectivity index (χ1) is 15.8. The van der Waals surface area contributed by atoms with Crippen LogP contribution in [-0.2, 0) is 0 Å². The van der Waals surface area contributed by atoms with Gasteiger partial charge in [-0.3, -0.25) is 0 Å². The van der Waals surface area contributed by atoms with Gasteiger partial charge in [0.2, 0.25) is 0 Å². The van der Waals surface area contributed by atoms with Crippen LogP contribution in [0.25, 0.3) is 49.7 Å². The number of nitrogens with zero attached hydrogens (tertiary/aromatic N) is 1. The van der Waals surface area contributed by atoms with Crippen molar-refractivity contribution in [1.29, 1.82) is 0 Å². The molecular weight excluding hydrogens is 385 g/mol. The molecule has 1 aromatic heterocycles. The van der Waals surface area contributed by atoms with Crippen LogP contribution in [0.3, 0.4) is 0 Å². The summed E-state index contributed by atoms with van der Waals surface area (Å²) in [5.41, 5.74) is 8.94. The third kappa shape index (κ3) is 3.04. The number of fused-ring (bicyclic) bond motifs is 3. The molecule has 0 N–H and O–H groups in total. The molecule has 1 heterocycles. The van der Waals surface area contributed by atoms with Crippen molar-refractivity contribution < 1.29 is 0 Å². The summed E-state index contributed by atoms with van der Waals surface area (Å²) >= 11 is 0. The fraction of sp³-hybridized carbons (Fsp3) is 0. The van der Waals surface area contributed by atoms with E-state index in [0.717, 1.165) is 22.2 Å². The quantitative estimate of drug-likeness (QED) is 0.282. The second-order valence-electron chi connectivity index (χ2n) is 8.09. The Morgan fingerprint density at radius 2 is 0.906 bits per heavy atom. The fourth-order valence-corrected chi connectivity index (χ4v) is 4.59. The Labute approximate surface area is 189 Å². The van der Waals surface area contributed by atoms with Gasteiger partial charge in [-0.2, -0.15) is 0 Å². The van der Waals surface area contributed by atoms with E-state index in [2.05, 4.69) is 108 Å². The van der Waals surface area contributed by atoms with Crippen LogP contribution in [0.5, 0.6) is 0 Å². The van der Waals surface area contributed by atoms with Gasteiger partial charge in [-0.1, -0.05) is 96.5 Å². The molecule has 6 rings (SSSR count). The number of rotatable bonds is 3. The van der Waals surface area contributed by atoms with Crippen molar-refractivity contribution in [3.63, 3.8) is 0 Å². The summed E-state index contributed by atoms with van der Waals surface area (Å²) in [7, 11) is 6.41. The summed E-state index contributed by atoms with van der Waals surface area (Å²) in [5.74, 6) is 0. The topological polar surface area (TPSA) is 4.93 Å². The van der Waals surface area contributed by atoms with Crippen LogP contribution in [0.1, 0.15) is 0 Å². The third-order valence-corrected chi connectivity index (χ3v) is 6.16. The Morgan fingerprint density at radius 1 is 0.438 bits per heavy atom. The zero-order valence-electron chi connectivity index (χ0n) is 17.6. The van der Waals surface area contributed by atoms with E-state index in [1.54, 1.807) is 0 Å². The summed E-state index contributed by atoms with van der Waals surface area (Å²) in [6.45, 7) is 0. The highest BCUT2D eigenvalue weighted by atomic mass is 15.0. The highest BCUT2D eigenvalue weighted by molar-refractivity contribution is 6.35. The summed E-state index contributed by atoms with van der Waals surface area (Å²) in [5, 5.41) is 2.45. The first-order valence-corrected chi connectivity index (χ1v) is 10.8. The second-order valence-corrected chi connectivity index (χ2v) is 8.09. The molecule has 0 aliphatic heterocycles. The minimum absolute atomic E-state index is 0.769. The molecule has 0 spiro atoms. The lowest BCUT2D eigenvalue weighted by molar-refractivity contribution is 1.19. The molecule has 6 aromatic rings. The van der Waals surface area contributed by atoms with Crippen molar-refractivity contribution in [2.24, 2.45) is 0 Å². The lowest BCUT2D eigenvalue weighted by atomic mass is 9.94. The van der Waals surface area contributed by atoms with Crippen LogP contribution in [0.4, 0.5) is 0 Å². The van der Waals surface area contributed by atoms with Gasteiger partial charge in [0.25, 0.3) is 0 Å². The largest absolute Gasteiger partial charge is 0.310 e. The van der Waals surface area contributed by atoms with Gasteiger partial charge in [0.1, 0.15) is 7.85 Å². The fourth-order valence-electron chi connectivity index (χ4n) is 4.59. The molecule has 2 radical (unpaired) electrons. The van der Waals surface area contributed by atoms with E-state index in [9.17, 15) is 0 Å². The zero-order valence-corrected chi connectivity index (χ0v) is 17.6. The minimum atomic E-state index is 0.769. The molecular formula is C30H20BN. The Bertz CT molecular complexity index is 1470. The van der Waals surface area contributed by atoms with E-state index >= 15 is 0 Å². The van der Waals surface area contributed by atoms with Crippen molar-refractivity contribution in [3.05, 3.63) is 121 Å². The molecule has 5 aromatic carbocycles. The highest BCUT2D eigenvalue weighted by Gasteiger charge is 2.15. The predicted molar refractivity (Wildman–Crippen MR) is 137 cm³/mol. The Hall–Kier alpha value is -4.04. The summed E-state index contributed by atoms with van der Waals surface area (Å²) in [6, 6.07) is 42.6. The standard InChI is InChI=1S/C30H20BN/c31-27-13-7-8-14-30(27)32-28-17-15-23(21-9-3-1-4-10-21)19-25(28)26-20-24(16-18-29(26)32)22-11-5-2-6-12-22/h1-20H. The molecule has 0 aliphatic carbocycles. The lowest BCUT2D eigenvalue weighted by Gasteiger charge is -2.12. The van der Waals surface area contributed by atoms with Gasteiger partial charge in [0, 0.05) is 16.5 Å². The van der Waals surface area contributed by atoms with Crippen molar-refractivity contribution >= 4 is 35.1 Å². The van der Waals surface area contributed by atoms with Crippen LogP contribution >= 0.6 is 0 Å². The summed E-state index contributed by atoms with van der Waals surface area (Å²) in [4.78, 5) is 0. The van der Waals surface area contributed by atoms with Gasteiger partial charge >= 0.3 is 0 Å². The number of benzene rings is 5. The Morgan fingerprint density at radius 3 is 1.41 bits per heavy atom. The minimum Gasteiger partial charge on any atom is -0.310 e. The number of hydrogen-bond donors (Lipinski definition) is 0. The SMILES string of the molecule is [B]c1ccccc1-n1c2ccc(-c3ccccc3)cc2c2cc(-c3ccccc3)ccc21. The van der Waals surface area contributed by atoms with E-state index in [4.69, 9.17) is 7.85 Å². The van der Waals surface area contributed by atoms with Crippen LogP contribution < -0.4 is 5.46 Å². The molecule has 0 atom stereocenters. The maximum atomic E-state index is 6.41. The van der Waals surface area contributed by atoms with Gasteiger partial charge < -0.3 is 4.57 Å². The second kappa shape index (κ2) is 7.58. The molecule has 0 amide bonds. The van der Waals surface area contributed by atoms with Crippen molar-refractivity contribution in [3.8, 4) is 27.9 Å². The maximum Gasteiger partial charge on any atom is 0.116 e. The van der Waals surface area contributed by atoms with E-state index in [1.807, 2.05) is 18.2 Å². The van der Waals surface area contributed by atoms with Crippen LogP contribution in [0, 0.1) is 0 Å². The van der Waals surface area contributed by atoms with E-state index in [-0.39, 0.29) is 0 Å². The third-order valence-electron chi connectivity index (χ3n) is 6.16. The highest BCUT2D eigenvalue weighted by Crippen LogP contribution is 2.36. The van der Waals surface area contributed by atoms with E-state index in [0.29, 0.717) is 0 Å². The molecule has 1 nitrogen and oxygen atoms in total. The molecule has 0 aliphatic rings. The lowest BCUT2D eigenvalue weighted by Crippen LogP contribution is -2.11. The predicted octanol–water partition coefficient (Wildman–Crippen LogP) is 6.91. The molecule has 0 bridgehead atoms. The van der Waals surface area contributed by atoms with Crippen LogP contribution in [-0.4, -0.2) is 12.4 Å². The molecule has 148 valence electrons. The molecule has 32 heavy (non-hydrogen) atoms. The first kappa shape index (κ1) is 18.7. The van der Waals surface area contributed by atoms with Crippen LogP contribution in [0.15, 0.2) is 121 Å². The summed E-state index contributed by atoms with van der Waals surface area (Å²) in [6.07, 6.45) is 0. The monoisotopic (exact) mass is 405 g/mol. The molecule has 0 saturated heterocycles. The Kier molecular flexibility index (Phi) is 4.43. The van der Waals surface area contributed by atoms with Gasteiger partial charge in [-0.25, -0.2) is 0 Å². The van der Waals surface area contributed by atoms with Gasteiger partial charge in [-0.05, 0) is 52.6 Å². The van der Waals surface area contributed by atoms with Gasteiger partial charge in [0.05, 0.1) is 11.0 Å². The average molecular weight is 405 g/mol. The summed E-state index contributed by atoms with van der Waals surface area (Å²) < 4.78 is 2.28. The van der Waals surface area contributed by atoms with Crippen molar-refractivity contribution in [2.45, 2.75) is 0 Å². The van der Waals surface area contributed by atoms with Crippen molar-refractivity contribution in [1.82, 2.24) is 4.57 Å². The molecule has 0 saturated carbocycles. The smallest absolute Gasteiger partial charge is 0.116 e. The van der Waals surface area contributed by atoms with Crippen molar-refractivity contribution in [2.75, 3.05) is 0 Å². The van der Waals surface area contributed by atoms with E-state index in [1.165, 1.54) is 33.0 Å². The molecule has 2 heteroatoms. The Balaban J connectivity index is 1.69. The molecule has 0 fully saturated rings. The van der Waals surface area contributed by atoms with Gasteiger partial charge in [-0.15, -0.1) is 0 Å². The van der Waals surface area contributed by atoms with Crippen LogP contribution in [0.2, 0.25) is 0 Å². The normalized spacial score (nSPS) is 11.2. The maximum absolute atomic E-state index is 6.41. The van der Waals surface area contributed by atoms with E-state index < -0.39 is 0 Å². The average Bonchev–Trinajstić information content (AvgIpc) is 3.18. The first-order valence-electron chi connectivity index (χ1n) is 10.8. The number of aromatic nitrogens is 1. The zero-order chi connectivity index (χ0) is 21.5. The number of para-hydroxylation sites is 1. The molecule has 0 unspecified atom stereocenters. The number of hydrogen-bond acceptors (Lipinski definition) is 0.